The van der Waals surface area contributed by atoms with E-state index in [0.717, 1.165) is 30.6 Å². The Hall–Kier alpha value is -3.01. The van der Waals surface area contributed by atoms with Crippen molar-refractivity contribution in [3.63, 3.8) is 0 Å². The molecule has 1 atom stereocenters. The largest absolute Gasteiger partial charge is 0.338 e. The van der Waals surface area contributed by atoms with Gasteiger partial charge in [-0.2, -0.15) is 0 Å². The Kier molecular flexibility index (Phi) is 4.48. The number of carbonyl (C=O) groups excluding carboxylic acids is 1. The molecule has 0 bridgehead atoms. The summed E-state index contributed by atoms with van der Waals surface area (Å²) in [5.74, 6) is 0.493. The van der Waals surface area contributed by atoms with Gasteiger partial charge in [0.25, 0.3) is 5.91 Å². The Morgan fingerprint density at radius 1 is 1.04 bits per heavy atom. The van der Waals surface area contributed by atoms with Crippen molar-refractivity contribution in [2.24, 2.45) is 0 Å². The number of carbonyl (C=O) groups is 1. The summed E-state index contributed by atoms with van der Waals surface area (Å²) in [5.41, 5.74) is 5.12. The van der Waals surface area contributed by atoms with Crippen molar-refractivity contribution in [3.05, 3.63) is 83.9 Å². The highest BCUT2D eigenvalue weighted by Crippen LogP contribution is 2.31. The molecule has 26 heavy (non-hydrogen) atoms. The summed E-state index contributed by atoms with van der Waals surface area (Å²) in [4.78, 5) is 23.3. The van der Waals surface area contributed by atoms with Crippen LogP contribution >= 0.6 is 0 Å². The minimum Gasteiger partial charge on any atom is -0.338 e. The minimum absolute atomic E-state index is 0.0838. The van der Waals surface area contributed by atoms with Crippen LogP contribution < -0.4 is 0 Å². The van der Waals surface area contributed by atoms with Gasteiger partial charge < -0.3 is 4.90 Å². The molecule has 130 valence electrons. The Morgan fingerprint density at radius 3 is 2.58 bits per heavy atom. The molecule has 1 aliphatic heterocycles. The van der Waals surface area contributed by atoms with Crippen LogP contribution in [0.4, 0.5) is 0 Å². The summed E-state index contributed by atoms with van der Waals surface area (Å²) < 4.78 is 0. The number of nitrogens with zero attached hydrogens (tertiary/aromatic N) is 3. The molecule has 4 heteroatoms. The predicted octanol–water partition coefficient (Wildman–Crippen LogP) is 4.08. The van der Waals surface area contributed by atoms with Crippen LogP contribution in [0.3, 0.4) is 0 Å². The lowest BCUT2D eigenvalue weighted by Gasteiger charge is -2.19. The fourth-order valence-corrected chi connectivity index (χ4v) is 3.77. The molecule has 1 amide bonds. The van der Waals surface area contributed by atoms with Crippen LogP contribution in [0.5, 0.6) is 0 Å². The third-order valence-electron chi connectivity index (χ3n) is 5.13. The van der Waals surface area contributed by atoms with Crippen LogP contribution in [0.1, 0.15) is 33.8 Å². The molecule has 1 aliphatic rings. The molecule has 1 saturated heterocycles. The minimum atomic E-state index is 0.0838. The Balaban J connectivity index is 1.59. The van der Waals surface area contributed by atoms with Gasteiger partial charge in [-0.15, -0.1) is 0 Å². The summed E-state index contributed by atoms with van der Waals surface area (Å²) in [5, 5.41) is 0. The predicted molar refractivity (Wildman–Crippen MR) is 102 cm³/mol. The maximum Gasteiger partial charge on any atom is 0.254 e. The van der Waals surface area contributed by atoms with Crippen LogP contribution in [0.25, 0.3) is 11.1 Å². The third kappa shape index (κ3) is 3.10. The number of likely N-dealkylation sites (tertiary alicyclic amines) is 1. The Bertz CT molecular complexity index is 923. The number of rotatable bonds is 3. The van der Waals surface area contributed by atoms with Gasteiger partial charge in [-0.05, 0) is 36.1 Å². The van der Waals surface area contributed by atoms with Crippen molar-refractivity contribution in [2.45, 2.75) is 19.3 Å². The molecule has 1 aromatic heterocycles. The zero-order valence-corrected chi connectivity index (χ0v) is 14.8. The first-order valence-corrected chi connectivity index (χ1v) is 8.93. The molecule has 0 unspecified atom stereocenters. The van der Waals surface area contributed by atoms with Gasteiger partial charge in [-0.1, -0.05) is 42.5 Å². The molecule has 1 fully saturated rings. The highest BCUT2D eigenvalue weighted by atomic mass is 16.2. The lowest BCUT2D eigenvalue weighted by molar-refractivity contribution is 0.0791. The number of hydrogen-bond donors (Lipinski definition) is 0. The molecule has 0 N–H and O–H groups in total. The van der Waals surface area contributed by atoms with E-state index in [1.807, 2.05) is 29.2 Å². The zero-order chi connectivity index (χ0) is 17.9. The number of amides is 1. The molecule has 0 saturated carbocycles. The standard InChI is InChI=1S/C22H21N3O/c1-16-6-2-3-7-19(16)17-10-11-25(14-17)22(26)21-9-5-4-8-20(21)18-12-23-15-24-13-18/h2-9,12-13,15,17H,10-11,14H2,1H3/t17-/m0/s1. The second kappa shape index (κ2) is 7.08. The first-order chi connectivity index (χ1) is 12.7. The Labute approximate surface area is 153 Å². The lowest BCUT2D eigenvalue weighted by Crippen LogP contribution is -2.29. The quantitative estimate of drug-likeness (QED) is 0.720. The average molecular weight is 343 g/mol. The van der Waals surface area contributed by atoms with Gasteiger partial charge in [0, 0.05) is 42.5 Å². The molecular weight excluding hydrogens is 322 g/mol. The summed E-state index contributed by atoms with van der Waals surface area (Å²) in [6.45, 7) is 3.70. The van der Waals surface area contributed by atoms with E-state index in [2.05, 4.69) is 41.2 Å². The molecule has 0 radical (unpaired) electrons. The second-order valence-electron chi connectivity index (χ2n) is 6.77. The van der Waals surface area contributed by atoms with E-state index in [4.69, 9.17) is 0 Å². The first kappa shape index (κ1) is 16.5. The molecule has 2 aromatic carbocycles. The van der Waals surface area contributed by atoms with E-state index < -0.39 is 0 Å². The van der Waals surface area contributed by atoms with Crippen LogP contribution in [0.2, 0.25) is 0 Å². The molecule has 3 aromatic rings. The first-order valence-electron chi connectivity index (χ1n) is 8.93. The van der Waals surface area contributed by atoms with Crippen LogP contribution in [-0.4, -0.2) is 33.9 Å². The molecule has 2 heterocycles. The van der Waals surface area contributed by atoms with Crippen molar-refractivity contribution >= 4 is 5.91 Å². The van der Waals surface area contributed by atoms with E-state index in [1.165, 1.54) is 17.5 Å². The van der Waals surface area contributed by atoms with Crippen LogP contribution in [0, 0.1) is 6.92 Å². The van der Waals surface area contributed by atoms with E-state index >= 15 is 0 Å². The number of aryl methyl sites for hydroxylation is 1. The van der Waals surface area contributed by atoms with Crippen LogP contribution in [-0.2, 0) is 0 Å². The van der Waals surface area contributed by atoms with Crippen molar-refractivity contribution in [2.75, 3.05) is 13.1 Å². The second-order valence-corrected chi connectivity index (χ2v) is 6.77. The topological polar surface area (TPSA) is 46.1 Å². The van der Waals surface area contributed by atoms with E-state index in [9.17, 15) is 4.79 Å². The highest BCUT2D eigenvalue weighted by molar-refractivity contribution is 6.00. The van der Waals surface area contributed by atoms with Gasteiger partial charge in [0.15, 0.2) is 0 Å². The summed E-state index contributed by atoms with van der Waals surface area (Å²) in [7, 11) is 0. The van der Waals surface area contributed by atoms with E-state index in [0.29, 0.717) is 11.5 Å². The zero-order valence-electron chi connectivity index (χ0n) is 14.8. The van der Waals surface area contributed by atoms with Crippen molar-refractivity contribution in [3.8, 4) is 11.1 Å². The summed E-state index contributed by atoms with van der Waals surface area (Å²) >= 11 is 0. The van der Waals surface area contributed by atoms with E-state index in [-0.39, 0.29) is 5.91 Å². The van der Waals surface area contributed by atoms with E-state index in [1.54, 1.807) is 12.4 Å². The van der Waals surface area contributed by atoms with Gasteiger partial charge in [-0.3, -0.25) is 4.79 Å². The van der Waals surface area contributed by atoms with Gasteiger partial charge in [0.05, 0.1) is 0 Å². The van der Waals surface area contributed by atoms with Gasteiger partial charge in [-0.25, -0.2) is 9.97 Å². The molecule has 0 spiro atoms. The highest BCUT2D eigenvalue weighted by Gasteiger charge is 2.29. The SMILES string of the molecule is Cc1ccccc1[C@H]1CCN(C(=O)c2ccccc2-c2cncnc2)C1. The average Bonchev–Trinajstić information content (AvgIpc) is 3.18. The third-order valence-corrected chi connectivity index (χ3v) is 5.13. The molecule has 4 nitrogen and oxygen atoms in total. The Morgan fingerprint density at radius 2 is 1.77 bits per heavy atom. The fourth-order valence-electron chi connectivity index (χ4n) is 3.77. The van der Waals surface area contributed by atoms with Gasteiger partial charge in [0.2, 0.25) is 0 Å². The summed E-state index contributed by atoms with van der Waals surface area (Å²) in [6.07, 6.45) is 6.01. The van der Waals surface area contributed by atoms with Crippen molar-refractivity contribution in [1.82, 2.24) is 14.9 Å². The van der Waals surface area contributed by atoms with Crippen LogP contribution in [0.15, 0.2) is 67.3 Å². The fraction of sp³-hybridized carbons (Fsp3) is 0.227. The van der Waals surface area contributed by atoms with Gasteiger partial charge in [0.1, 0.15) is 6.33 Å². The maximum absolute atomic E-state index is 13.2. The molecule has 4 rings (SSSR count). The van der Waals surface area contributed by atoms with Crippen molar-refractivity contribution < 1.29 is 4.79 Å². The molecule has 0 aliphatic carbocycles. The maximum atomic E-state index is 13.2. The molecular formula is C22H21N3O. The number of benzene rings is 2. The number of aromatic nitrogens is 2. The monoisotopic (exact) mass is 343 g/mol. The number of hydrogen-bond acceptors (Lipinski definition) is 3. The lowest BCUT2D eigenvalue weighted by atomic mass is 9.94. The normalized spacial score (nSPS) is 16.7. The van der Waals surface area contributed by atoms with Crippen molar-refractivity contribution in [1.29, 1.82) is 0 Å². The summed E-state index contributed by atoms with van der Waals surface area (Å²) in [6, 6.07) is 16.2. The smallest absolute Gasteiger partial charge is 0.254 e. The van der Waals surface area contributed by atoms with Gasteiger partial charge >= 0.3 is 0 Å².